The number of rotatable bonds is 11. The van der Waals surface area contributed by atoms with Crippen molar-refractivity contribution in [3.05, 3.63) is 41.5 Å². The van der Waals surface area contributed by atoms with Crippen molar-refractivity contribution in [3.8, 4) is 0 Å². The molecule has 1 aromatic rings. The van der Waals surface area contributed by atoms with E-state index in [4.69, 9.17) is 0 Å². The normalized spacial score (nSPS) is 17.8. The highest BCUT2D eigenvalue weighted by molar-refractivity contribution is 5.66. The van der Waals surface area contributed by atoms with E-state index in [0.29, 0.717) is 0 Å². The van der Waals surface area contributed by atoms with Gasteiger partial charge in [0.2, 0.25) is 0 Å². The fourth-order valence-electron chi connectivity index (χ4n) is 3.91. The maximum atomic E-state index is 2.53. The minimum atomic E-state index is 0.947. The summed E-state index contributed by atoms with van der Waals surface area (Å²) in [5.74, 6) is 0.947. The predicted octanol–water partition coefficient (Wildman–Crippen LogP) is 7.96. The molecule has 1 aromatic carbocycles. The Hall–Kier alpha value is -1.04. The van der Waals surface area contributed by atoms with Crippen molar-refractivity contribution in [1.82, 2.24) is 0 Å². The summed E-state index contributed by atoms with van der Waals surface area (Å²) in [6, 6.07) is 9.46. The first-order valence-electron chi connectivity index (χ1n) is 10.6. The molecule has 1 aliphatic carbocycles. The molecule has 1 unspecified atom stereocenters. The number of hydrogen-bond donors (Lipinski definition) is 0. The molecule has 1 aliphatic rings. The fraction of sp³-hybridized carbons (Fsp3) is 0.667. The summed E-state index contributed by atoms with van der Waals surface area (Å²) in [6.45, 7) is 4.58. The first kappa shape index (κ1) is 19.3. The van der Waals surface area contributed by atoms with Gasteiger partial charge in [-0.1, -0.05) is 95.6 Å². The quantitative estimate of drug-likeness (QED) is 0.362. The molecule has 0 saturated heterocycles. The Bertz CT molecular complexity index is 465. The molecular weight excluding hydrogens is 288 g/mol. The third-order valence-electron chi connectivity index (χ3n) is 5.63. The summed E-state index contributed by atoms with van der Waals surface area (Å²) in [5.41, 5.74) is 4.58. The van der Waals surface area contributed by atoms with Crippen LogP contribution in [0.4, 0.5) is 0 Å². The summed E-state index contributed by atoms with van der Waals surface area (Å²) < 4.78 is 0. The highest BCUT2D eigenvalue weighted by Gasteiger charge is 2.15. The van der Waals surface area contributed by atoms with Crippen molar-refractivity contribution in [3.63, 3.8) is 0 Å². The highest BCUT2D eigenvalue weighted by atomic mass is 14.2. The average Bonchev–Trinajstić information content (AvgIpc) is 2.63. The molecule has 0 heteroatoms. The van der Waals surface area contributed by atoms with Crippen LogP contribution in [-0.2, 0) is 6.42 Å². The van der Waals surface area contributed by atoms with Gasteiger partial charge in [-0.15, -0.1) is 0 Å². The van der Waals surface area contributed by atoms with Crippen molar-refractivity contribution in [2.45, 2.75) is 97.3 Å². The lowest BCUT2D eigenvalue weighted by molar-refractivity contribution is 0.428. The van der Waals surface area contributed by atoms with E-state index in [-0.39, 0.29) is 0 Å². The van der Waals surface area contributed by atoms with Gasteiger partial charge < -0.3 is 0 Å². The minimum Gasteiger partial charge on any atom is -0.0804 e. The second kappa shape index (κ2) is 11.5. The summed E-state index contributed by atoms with van der Waals surface area (Å²) in [4.78, 5) is 0. The molecule has 0 aromatic heterocycles. The first-order valence-corrected chi connectivity index (χ1v) is 10.6. The first-order chi connectivity index (χ1) is 11.8. The molecule has 0 fully saturated rings. The van der Waals surface area contributed by atoms with Gasteiger partial charge in [0.1, 0.15) is 0 Å². The van der Waals surface area contributed by atoms with Crippen LogP contribution in [0.15, 0.2) is 30.3 Å². The number of unbranched alkanes of at least 4 members (excludes halogenated alkanes) is 6. The fourth-order valence-corrected chi connectivity index (χ4v) is 3.91. The maximum absolute atomic E-state index is 2.53. The second-order valence-electron chi connectivity index (χ2n) is 7.73. The van der Waals surface area contributed by atoms with Crippen molar-refractivity contribution in [2.75, 3.05) is 0 Å². The third-order valence-corrected chi connectivity index (χ3v) is 5.63. The van der Waals surface area contributed by atoms with Crippen molar-refractivity contribution in [2.24, 2.45) is 5.92 Å². The Balaban J connectivity index is 1.74. The topological polar surface area (TPSA) is 0 Å². The van der Waals surface area contributed by atoms with Crippen LogP contribution < -0.4 is 0 Å². The third kappa shape index (κ3) is 6.83. The lowest BCUT2D eigenvalue weighted by Crippen LogP contribution is -2.05. The van der Waals surface area contributed by atoms with Gasteiger partial charge in [-0.3, -0.25) is 0 Å². The van der Waals surface area contributed by atoms with Crippen LogP contribution in [-0.4, -0.2) is 0 Å². The molecule has 0 bridgehead atoms. The summed E-state index contributed by atoms with van der Waals surface area (Å²) in [5, 5.41) is 0. The van der Waals surface area contributed by atoms with Gasteiger partial charge in [-0.05, 0) is 54.7 Å². The predicted molar refractivity (Wildman–Crippen MR) is 108 cm³/mol. The van der Waals surface area contributed by atoms with Gasteiger partial charge in [0, 0.05) is 0 Å². The molecule has 0 N–H and O–H groups in total. The van der Waals surface area contributed by atoms with Crippen LogP contribution in [0.5, 0.6) is 0 Å². The van der Waals surface area contributed by atoms with E-state index < -0.39 is 0 Å². The van der Waals surface area contributed by atoms with E-state index >= 15 is 0 Å². The average molecular weight is 327 g/mol. The van der Waals surface area contributed by atoms with Crippen molar-refractivity contribution < 1.29 is 0 Å². The van der Waals surface area contributed by atoms with Gasteiger partial charge in [-0.2, -0.15) is 0 Å². The number of benzene rings is 1. The Kier molecular flexibility index (Phi) is 9.24. The molecule has 0 radical (unpaired) electrons. The van der Waals surface area contributed by atoms with E-state index in [9.17, 15) is 0 Å². The van der Waals surface area contributed by atoms with Gasteiger partial charge >= 0.3 is 0 Å². The molecule has 2 rings (SSSR count). The molecule has 134 valence electrons. The maximum Gasteiger partial charge on any atom is -0.0228 e. The van der Waals surface area contributed by atoms with Crippen LogP contribution in [0.2, 0.25) is 0 Å². The van der Waals surface area contributed by atoms with E-state index in [1.807, 2.05) is 0 Å². The summed E-state index contributed by atoms with van der Waals surface area (Å²) in [7, 11) is 0. The van der Waals surface area contributed by atoms with Crippen molar-refractivity contribution in [1.29, 1.82) is 0 Å². The SMILES string of the molecule is CCCCCCCc1ccc(C2=CCC(CCCCC)CC2)cc1. The van der Waals surface area contributed by atoms with Crippen LogP contribution in [0.25, 0.3) is 5.57 Å². The van der Waals surface area contributed by atoms with E-state index in [0.717, 1.165) is 5.92 Å². The zero-order valence-electron chi connectivity index (χ0n) is 16.2. The Morgan fingerprint density at radius 1 is 0.833 bits per heavy atom. The Morgan fingerprint density at radius 3 is 2.21 bits per heavy atom. The largest absolute Gasteiger partial charge is 0.0804 e. The Labute approximate surface area is 150 Å². The van der Waals surface area contributed by atoms with Crippen LogP contribution >= 0.6 is 0 Å². The molecule has 0 amide bonds. The zero-order chi connectivity index (χ0) is 17.0. The van der Waals surface area contributed by atoms with Gasteiger partial charge in [0.25, 0.3) is 0 Å². The standard InChI is InChI=1S/C24H38/c1-3-5-7-8-10-12-22-15-19-24(20-16-22)23-17-13-21(14-18-23)11-9-6-4-2/h15-17,19-21H,3-14,18H2,1-2H3. The van der Waals surface area contributed by atoms with Gasteiger partial charge in [0.15, 0.2) is 0 Å². The molecule has 0 nitrogen and oxygen atoms in total. The summed E-state index contributed by atoms with van der Waals surface area (Å²) >= 11 is 0. The molecular formula is C24H38. The number of aryl methyl sites for hydroxylation is 1. The van der Waals surface area contributed by atoms with E-state index in [2.05, 4.69) is 44.2 Å². The minimum absolute atomic E-state index is 0.947. The van der Waals surface area contributed by atoms with Gasteiger partial charge in [-0.25, -0.2) is 0 Å². The van der Waals surface area contributed by atoms with Crippen molar-refractivity contribution >= 4 is 5.57 Å². The molecule has 0 aliphatic heterocycles. The monoisotopic (exact) mass is 326 g/mol. The zero-order valence-corrected chi connectivity index (χ0v) is 16.2. The van der Waals surface area contributed by atoms with Crippen LogP contribution in [0, 0.1) is 5.92 Å². The molecule has 0 spiro atoms. The number of allylic oxidation sites excluding steroid dienone is 2. The van der Waals surface area contributed by atoms with E-state index in [1.165, 1.54) is 94.6 Å². The van der Waals surface area contributed by atoms with Crippen LogP contribution in [0.1, 0.15) is 102 Å². The second-order valence-corrected chi connectivity index (χ2v) is 7.73. The molecule has 24 heavy (non-hydrogen) atoms. The molecule has 0 heterocycles. The number of hydrogen-bond acceptors (Lipinski definition) is 0. The lowest BCUT2D eigenvalue weighted by Gasteiger charge is -2.22. The highest BCUT2D eigenvalue weighted by Crippen LogP contribution is 2.32. The van der Waals surface area contributed by atoms with E-state index in [1.54, 1.807) is 5.57 Å². The summed E-state index contributed by atoms with van der Waals surface area (Å²) in [6.07, 6.45) is 20.3. The smallest absolute Gasteiger partial charge is 0.0228 e. The lowest BCUT2D eigenvalue weighted by atomic mass is 9.83. The molecule has 1 atom stereocenters. The Morgan fingerprint density at radius 2 is 1.54 bits per heavy atom. The van der Waals surface area contributed by atoms with Crippen LogP contribution in [0.3, 0.4) is 0 Å². The van der Waals surface area contributed by atoms with Gasteiger partial charge in [0.05, 0.1) is 0 Å². The molecule has 0 saturated carbocycles.